The summed E-state index contributed by atoms with van der Waals surface area (Å²) in [4.78, 5) is 11.6. The monoisotopic (exact) mass is 257 g/mol. The van der Waals surface area contributed by atoms with Crippen LogP contribution in [0, 0.1) is 0 Å². The van der Waals surface area contributed by atoms with Gasteiger partial charge >= 0.3 is 5.97 Å². The molecule has 5 nitrogen and oxygen atoms in total. The quantitative estimate of drug-likeness (QED) is 0.857. The number of anilines is 1. The molecule has 3 rings (SSSR count). The van der Waals surface area contributed by atoms with E-state index in [1.54, 1.807) is 13.0 Å². The molecule has 1 aromatic heterocycles. The third-order valence-corrected chi connectivity index (χ3v) is 3.14. The topological polar surface area (TPSA) is 56.2 Å². The Bertz CT molecular complexity index is 568. The predicted molar refractivity (Wildman–Crippen MR) is 71.0 cm³/mol. The van der Waals surface area contributed by atoms with Crippen LogP contribution in [0.5, 0.6) is 0 Å². The Balaban J connectivity index is 1.76. The number of ether oxygens (including phenoxy) is 1. The number of benzene rings is 1. The first-order chi connectivity index (χ1) is 9.28. The molecule has 1 aliphatic rings. The molecule has 1 N–H and O–H groups in total. The fourth-order valence-electron chi connectivity index (χ4n) is 2.25. The lowest BCUT2D eigenvalue weighted by Crippen LogP contribution is -2.10. The van der Waals surface area contributed by atoms with E-state index in [0.29, 0.717) is 12.3 Å². The van der Waals surface area contributed by atoms with Crippen molar-refractivity contribution in [1.82, 2.24) is 9.78 Å². The Hall–Kier alpha value is -2.30. The maximum Gasteiger partial charge on any atom is 0.358 e. The molecular formula is C14H15N3O2. The van der Waals surface area contributed by atoms with Gasteiger partial charge in [0.2, 0.25) is 0 Å². The number of fused-ring (bicyclic) bond motifs is 1. The number of nitrogens with one attached hydrogen (secondary N) is 1. The Morgan fingerprint density at radius 3 is 2.95 bits per heavy atom. The second kappa shape index (κ2) is 4.76. The molecule has 5 heteroatoms. The zero-order valence-electron chi connectivity index (χ0n) is 10.7. The number of esters is 1. The Morgan fingerprint density at radius 2 is 2.26 bits per heavy atom. The summed E-state index contributed by atoms with van der Waals surface area (Å²) in [6.07, 6.45) is 0. The van der Waals surface area contributed by atoms with Crippen LogP contribution in [0.1, 0.15) is 29.0 Å². The SMILES string of the molecule is CCOC(=O)c1cc2n(n1)CC(c1ccccc1)N2. The van der Waals surface area contributed by atoms with Gasteiger partial charge in [-0.25, -0.2) is 9.48 Å². The van der Waals surface area contributed by atoms with Crippen LogP contribution in [-0.4, -0.2) is 22.4 Å². The molecule has 1 atom stereocenters. The summed E-state index contributed by atoms with van der Waals surface area (Å²) in [5.41, 5.74) is 1.57. The smallest absolute Gasteiger partial charge is 0.358 e. The Morgan fingerprint density at radius 1 is 1.47 bits per heavy atom. The van der Waals surface area contributed by atoms with Crippen molar-refractivity contribution in [2.24, 2.45) is 0 Å². The number of hydrogen-bond acceptors (Lipinski definition) is 4. The van der Waals surface area contributed by atoms with Crippen molar-refractivity contribution in [2.45, 2.75) is 19.5 Å². The van der Waals surface area contributed by atoms with E-state index >= 15 is 0 Å². The molecule has 0 bridgehead atoms. The molecule has 0 saturated heterocycles. The van der Waals surface area contributed by atoms with E-state index < -0.39 is 0 Å². The summed E-state index contributed by atoms with van der Waals surface area (Å²) in [7, 11) is 0. The van der Waals surface area contributed by atoms with E-state index in [4.69, 9.17) is 4.74 Å². The van der Waals surface area contributed by atoms with Crippen molar-refractivity contribution >= 4 is 11.8 Å². The molecule has 1 unspecified atom stereocenters. The van der Waals surface area contributed by atoms with Crippen molar-refractivity contribution in [1.29, 1.82) is 0 Å². The van der Waals surface area contributed by atoms with Gasteiger partial charge in [-0.3, -0.25) is 0 Å². The number of hydrogen-bond donors (Lipinski definition) is 1. The van der Waals surface area contributed by atoms with Crippen LogP contribution in [0.4, 0.5) is 5.82 Å². The minimum Gasteiger partial charge on any atom is -0.461 e. The van der Waals surface area contributed by atoms with Crippen LogP contribution in [0.25, 0.3) is 0 Å². The fraction of sp³-hybridized carbons (Fsp3) is 0.286. The standard InChI is InChI=1S/C14H15N3O2/c1-2-19-14(18)11-8-13-15-12(9-17(13)16-11)10-6-4-3-5-7-10/h3-8,12,15H,2,9H2,1H3. The lowest BCUT2D eigenvalue weighted by Gasteiger charge is -2.10. The lowest BCUT2D eigenvalue weighted by molar-refractivity contribution is 0.0518. The van der Waals surface area contributed by atoms with Crippen molar-refractivity contribution in [3.63, 3.8) is 0 Å². The van der Waals surface area contributed by atoms with Gasteiger partial charge < -0.3 is 10.1 Å². The molecule has 0 saturated carbocycles. The third-order valence-electron chi connectivity index (χ3n) is 3.14. The normalized spacial score (nSPS) is 16.8. The fourth-order valence-corrected chi connectivity index (χ4v) is 2.25. The van der Waals surface area contributed by atoms with Gasteiger partial charge in [0.15, 0.2) is 5.69 Å². The largest absolute Gasteiger partial charge is 0.461 e. The first-order valence-electron chi connectivity index (χ1n) is 6.34. The third kappa shape index (κ3) is 2.19. The highest BCUT2D eigenvalue weighted by atomic mass is 16.5. The van der Waals surface area contributed by atoms with Crippen molar-refractivity contribution < 1.29 is 9.53 Å². The molecule has 2 aromatic rings. The van der Waals surface area contributed by atoms with E-state index in [1.807, 2.05) is 22.9 Å². The first kappa shape index (κ1) is 11.8. The summed E-state index contributed by atoms with van der Waals surface area (Å²) in [6, 6.07) is 12.1. The van der Waals surface area contributed by atoms with Gasteiger partial charge in [0, 0.05) is 6.07 Å². The highest BCUT2D eigenvalue weighted by molar-refractivity contribution is 5.88. The molecule has 98 valence electrons. The first-order valence-corrected chi connectivity index (χ1v) is 6.34. The van der Waals surface area contributed by atoms with Crippen molar-refractivity contribution in [3.05, 3.63) is 47.7 Å². The molecule has 0 aliphatic carbocycles. The van der Waals surface area contributed by atoms with E-state index in [9.17, 15) is 4.79 Å². The highest BCUT2D eigenvalue weighted by Gasteiger charge is 2.25. The zero-order valence-corrected chi connectivity index (χ0v) is 10.7. The van der Waals surface area contributed by atoms with Gasteiger partial charge in [-0.15, -0.1) is 0 Å². The predicted octanol–water partition coefficient (Wildman–Crippen LogP) is 2.23. The van der Waals surface area contributed by atoms with Gasteiger partial charge in [-0.1, -0.05) is 30.3 Å². The second-order valence-electron chi connectivity index (χ2n) is 4.43. The van der Waals surface area contributed by atoms with Gasteiger partial charge in [0.05, 0.1) is 19.2 Å². The summed E-state index contributed by atoms with van der Waals surface area (Å²) in [5, 5.41) is 7.63. The van der Waals surface area contributed by atoms with Crippen LogP contribution in [0.3, 0.4) is 0 Å². The van der Waals surface area contributed by atoms with Crippen LogP contribution >= 0.6 is 0 Å². The van der Waals surface area contributed by atoms with Crippen LogP contribution in [0.15, 0.2) is 36.4 Å². The van der Waals surface area contributed by atoms with Crippen molar-refractivity contribution in [3.8, 4) is 0 Å². The molecule has 0 spiro atoms. The average molecular weight is 257 g/mol. The number of nitrogens with zero attached hydrogens (tertiary/aromatic N) is 2. The molecule has 0 amide bonds. The highest BCUT2D eigenvalue weighted by Crippen LogP contribution is 2.29. The molecule has 0 fully saturated rings. The molecule has 0 radical (unpaired) electrons. The summed E-state index contributed by atoms with van der Waals surface area (Å²) >= 11 is 0. The van der Waals surface area contributed by atoms with E-state index in [0.717, 1.165) is 12.4 Å². The van der Waals surface area contributed by atoms with Crippen LogP contribution < -0.4 is 5.32 Å². The second-order valence-corrected chi connectivity index (χ2v) is 4.43. The molecule has 1 aliphatic heterocycles. The van der Waals surface area contributed by atoms with Gasteiger partial charge in [-0.2, -0.15) is 5.10 Å². The minimum absolute atomic E-state index is 0.208. The zero-order chi connectivity index (χ0) is 13.2. The Labute approximate surface area is 111 Å². The minimum atomic E-state index is -0.373. The maximum atomic E-state index is 11.6. The molecular weight excluding hydrogens is 242 g/mol. The maximum absolute atomic E-state index is 11.6. The van der Waals surface area contributed by atoms with Gasteiger partial charge in [0.1, 0.15) is 5.82 Å². The van der Waals surface area contributed by atoms with Crippen molar-refractivity contribution in [2.75, 3.05) is 11.9 Å². The molecule has 2 heterocycles. The average Bonchev–Trinajstić information content (AvgIpc) is 2.98. The molecule has 1 aromatic carbocycles. The van der Waals surface area contributed by atoms with E-state index in [1.165, 1.54) is 5.56 Å². The van der Waals surface area contributed by atoms with E-state index in [2.05, 4.69) is 22.5 Å². The summed E-state index contributed by atoms with van der Waals surface area (Å²) < 4.78 is 6.74. The van der Waals surface area contributed by atoms with Crippen LogP contribution in [0.2, 0.25) is 0 Å². The summed E-state index contributed by atoms with van der Waals surface area (Å²) in [5.74, 6) is 0.486. The Kier molecular flexibility index (Phi) is 2.95. The number of carbonyl (C=O) groups excluding carboxylic acids is 1. The van der Waals surface area contributed by atoms with E-state index in [-0.39, 0.29) is 12.0 Å². The van der Waals surface area contributed by atoms with Gasteiger partial charge in [-0.05, 0) is 12.5 Å². The number of rotatable bonds is 3. The number of carbonyl (C=O) groups is 1. The molecule has 19 heavy (non-hydrogen) atoms. The summed E-state index contributed by atoms with van der Waals surface area (Å²) in [6.45, 7) is 2.87. The van der Waals surface area contributed by atoms with Crippen LogP contribution in [-0.2, 0) is 11.3 Å². The number of aromatic nitrogens is 2. The lowest BCUT2D eigenvalue weighted by atomic mass is 10.1. The van der Waals surface area contributed by atoms with Gasteiger partial charge in [0.25, 0.3) is 0 Å².